The molecule has 0 bridgehead atoms. The lowest BCUT2D eigenvalue weighted by atomic mass is 10.2. The molecule has 0 saturated heterocycles. The van der Waals surface area contributed by atoms with Crippen LogP contribution in [0.25, 0.3) is 0 Å². The van der Waals surface area contributed by atoms with Crippen LogP contribution in [0.15, 0.2) is 46.1 Å². The standard InChI is InChI=1S/C13H12ClNO5S/c1-15(7-9-4-5-20-8-9)21(18,19)10-2-3-12(14)11(6-10)13(16)17/h2-6,8H,7H2,1H3,(H,16,17). The van der Waals surface area contributed by atoms with Crippen LogP contribution in [-0.4, -0.2) is 30.8 Å². The minimum atomic E-state index is -3.82. The van der Waals surface area contributed by atoms with E-state index < -0.39 is 16.0 Å². The highest BCUT2D eigenvalue weighted by Gasteiger charge is 2.23. The van der Waals surface area contributed by atoms with E-state index in [4.69, 9.17) is 21.1 Å². The van der Waals surface area contributed by atoms with Crippen molar-refractivity contribution in [3.63, 3.8) is 0 Å². The summed E-state index contributed by atoms with van der Waals surface area (Å²) in [4.78, 5) is 10.9. The van der Waals surface area contributed by atoms with Crippen LogP contribution in [0.2, 0.25) is 5.02 Å². The van der Waals surface area contributed by atoms with Crippen molar-refractivity contribution in [2.75, 3.05) is 7.05 Å². The van der Waals surface area contributed by atoms with Gasteiger partial charge >= 0.3 is 5.97 Å². The highest BCUT2D eigenvalue weighted by atomic mass is 35.5. The minimum Gasteiger partial charge on any atom is -0.478 e. The van der Waals surface area contributed by atoms with Crippen molar-refractivity contribution in [3.8, 4) is 0 Å². The van der Waals surface area contributed by atoms with Crippen molar-refractivity contribution in [3.05, 3.63) is 52.9 Å². The molecule has 2 rings (SSSR count). The van der Waals surface area contributed by atoms with E-state index in [0.717, 1.165) is 10.4 Å². The van der Waals surface area contributed by atoms with Crippen molar-refractivity contribution in [2.45, 2.75) is 11.4 Å². The summed E-state index contributed by atoms with van der Waals surface area (Å²) in [6.45, 7) is 0.115. The fraction of sp³-hybridized carbons (Fsp3) is 0.154. The molecule has 6 nitrogen and oxygen atoms in total. The molecular weight excluding hydrogens is 318 g/mol. The number of aromatic carboxylic acids is 1. The Kier molecular flexibility index (Phi) is 4.36. The summed E-state index contributed by atoms with van der Waals surface area (Å²) < 4.78 is 30.8. The second-order valence-electron chi connectivity index (χ2n) is 4.34. The molecule has 0 aliphatic carbocycles. The van der Waals surface area contributed by atoms with Crippen molar-refractivity contribution in [2.24, 2.45) is 0 Å². The first kappa shape index (κ1) is 15.6. The van der Waals surface area contributed by atoms with Crippen molar-refractivity contribution in [1.29, 1.82) is 0 Å². The maximum Gasteiger partial charge on any atom is 0.337 e. The summed E-state index contributed by atoms with van der Waals surface area (Å²) in [5.74, 6) is -1.28. The third kappa shape index (κ3) is 3.26. The van der Waals surface area contributed by atoms with Gasteiger partial charge in [-0.3, -0.25) is 0 Å². The fourth-order valence-corrected chi connectivity index (χ4v) is 3.12. The summed E-state index contributed by atoms with van der Waals surface area (Å²) in [5, 5.41) is 8.98. The van der Waals surface area contributed by atoms with E-state index in [9.17, 15) is 13.2 Å². The zero-order chi connectivity index (χ0) is 15.6. The maximum atomic E-state index is 12.4. The zero-order valence-electron chi connectivity index (χ0n) is 11.0. The molecule has 0 amide bonds. The number of carboxylic acids is 1. The van der Waals surface area contributed by atoms with E-state index >= 15 is 0 Å². The van der Waals surface area contributed by atoms with Crippen LogP contribution in [0.3, 0.4) is 0 Å². The van der Waals surface area contributed by atoms with Gasteiger partial charge in [-0.15, -0.1) is 0 Å². The monoisotopic (exact) mass is 329 g/mol. The zero-order valence-corrected chi connectivity index (χ0v) is 12.6. The van der Waals surface area contributed by atoms with Crippen LogP contribution in [0.4, 0.5) is 0 Å². The van der Waals surface area contributed by atoms with Crippen molar-refractivity contribution in [1.82, 2.24) is 4.31 Å². The van der Waals surface area contributed by atoms with E-state index in [-0.39, 0.29) is 22.0 Å². The SMILES string of the molecule is CN(Cc1ccoc1)S(=O)(=O)c1ccc(Cl)c(C(=O)O)c1. The van der Waals surface area contributed by atoms with E-state index in [1.807, 2.05) is 0 Å². The normalized spacial score (nSPS) is 11.8. The van der Waals surface area contributed by atoms with Gasteiger partial charge in [0, 0.05) is 19.2 Å². The van der Waals surface area contributed by atoms with Gasteiger partial charge in [-0.1, -0.05) is 11.6 Å². The molecule has 0 aliphatic rings. The quantitative estimate of drug-likeness (QED) is 0.910. The summed E-state index contributed by atoms with van der Waals surface area (Å²) in [7, 11) is -2.42. The van der Waals surface area contributed by atoms with E-state index in [1.54, 1.807) is 6.07 Å². The lowest BCUT2D eigenvalue weighted by Gasteiger charge is -2.16. The van der Waals surface area contributed by atoms with Crippen LogP contribution in [0.5, 0.6) is 0 Å². The summed E-state index contributed by atoms with van der Waals surface area (Å²) in [6.07, 6.45) is 2.89. The highest BCUT2D eigenvalue weighted by Crippen LogP contribution is 2.23. The van der Waals surface area contributed by atoms with Crippen molar-refractivity contribution < 1.29 is 22.7 Å². The molecule has 21 heavy (non-hydrogen) atoms. The molecule has 8 heteroatoms. The molecule has 0 aliphatic heterocycles. The van der Waals surface area contributed by atoms with Gasteiger partial charge in [-0.25, -0.2) is 13.2 Å². The fourth-order valence-electron chi connectivity index (χ4n) is 1.73. The number of halogens is 1. The second kappa shape index (κ2) is 5.88. The number of hydrogen-bond donors (Lipinski definition) is 1. The molecule has 1 heterocycles. The Morgan fingerprint density at radius 1 is 1.38 bits per heavy atom. The molecule has 1 N–H and O–H groups in total. The molecule has 0 unspecified atom stereocenters. The van der Waals surface area contributed by atoms with E-state index in [0.29, 0.717) is 5.56 Å². The van der Waals surface area contributed by atoms with Crippen LogP contribution in [0, 0.1) is 0 Å². The number of hydrogen-bond acceptors (Lipinski definition) is 4. The summed E-state index contributed by atoms with van der Waals surface area (Å²) in [6, 6.07) is 5.22. The molecule has 0 atom stereocenters. The van der Waals surface area contributed by atoms with Crippen LogP contribution in [-0.2, 0) is 16.6 Å². The number of carboxylic acid groups (broad SMARTS) is 1. The molecule has 112 valence electrons. The van der Waals surface area contributed by atoms with Crippen LogP contribution >= 0.6 is 11.6 Å². The molecule has 1 aromatic carbocycles. The Labute approximate surface area is 126 Å². The van der Waals surface area contributed by atoms with Gasteiger partial charge in [0.15, 0.2) is 0 Å². The van der Waals surface area contributed by atoms with Crippen LogP contribution in [0.1, 0.15) is 15.9 Å². The molecular formula is C13H12ClNO5S. The van der Waals surface area contributed by atoms with Gasteiger partial charge in [0.2, 0.25) is 10.0 Å². The lowest BCUT2D eigenvalue weighted by Crippen LogP contribution is -2.26. The first-order chi connectivity index (χ1) is 9.82. The smallest absolute Gasteiger partial charge is 0.337 e. The van der Waals surface area contributed by atoms with E-state index in [2.05, 4.69) is 0 Å². The molecule has 1 aromatic heterocycles. The summed E-state index contributed by atoms with van der Waals surface area (Å²) >= 11 is 5.73. The van der Waals surface area contributed by atoms with Gasteiger partial charge < -0.3 is 9.52 Å². The topological polar surface area (TPSA) is 87.8 Å². The number of nitrogens with zero attached hydrogens (tertiary/aromatic N) is 1. The second-order valence-corrected chi connectivity index (χ2v) is 6.79. The molecule has 2 aromatic rings. The Balaban J connectivity index is 2.35. The van der Waals surface area contributed by atoms with Gasteiger partial charge in [-0.05, 0) is 24.3 Å². The Morgan fingerprint density at radius 3 is 2.67 bits per heavy atom. The number of sulfonamides is 1. The molecule has 0 fully saturated rings. The number of benzene rings is 1. The predicted octanol–water partition coefficient (Wildman–Crippen LogP) is 2.45. The Hall–Kier alpha value is -1.83. The van der Waals surface area contributed by atoms with E-state index in [1.165, 1.54) is 31.7 Å². The van der Waals surface area contributed by atoms with Gasteiger partial charge in [0.25, 0.3) is 0 Å². The van der Waals surface area contributed by atoms with Crippen molar-refractivity contribution >= 4 is 27.6 Å². The number of furan rings is 1. The maximum absolute atomic E-state index is 12.4. The largest absolute Gasteiger partial charge is 0.478 e. The predicted molar refractivity (Wildman–Crippen MR) is 75.8 cm³/mol. The first-order valence-electron chi connectivity index (χ1n) is 5.82. The van der Waals surface area contributed by atoms with Gasteiger partial charge in [0.05, 0.1) is 28.0 Å². The average Bonchev–Trinajstić information content (AvgIpc) is 2.91. The Bertz CT molecular complexity index is 755. The number of carbonyl (C=O) groups is 1. The highest BCUT2D eigenvalue weighted by molar-refractivity contribution is 7.89. The number of rotatable bonds is 5. The average molecular weight is 330 g/mol. The third-order valence-corrected chi connectivity index (χ3v) is 4.99. The summed E-state index contributed by atoms with van der Waals surface area (Å²) in [5.41, 5.74) is 0.433. The first-order valence-corrected chi connectivity index (χ1v) is 7.64. The Morgan fingerprint density at radius 2 is 2.10 bits per heavy atom. The lowest BCUT2D eigenvalue weighted by molar-refractivity contribution is 0.0697. The molecule has 0 spiro atoms. The molecule has 0 saturated carbocycles. The molecule has 0 radical (unpaired) electrons. The third-order valence-electron chi connectivity index (χ3n) is 2.86. The van der Waals surface area contributed by atoms with Gasteiger partial charge in [0.1, 0.15) is 0 Å². The van der Waals surface area contributed by atoms with Gasteiger partial charge in [-0.2, -0.15) is 4.31 Å². The van der Waals surface area contributed by atoms with Crippen LogP contribution < -0.4 is 0 Å². The minimum absolute atomic E-state index is 0.0149.